The Labute approximate surface area is 162 Å². The standard InChI is InChI=1S/C24H17NO3/c1-15-3-7-18(8-4-15)24-22(20-12-11-19(27-2)13-21(20)28-24)23(26)17-9-5-16(14-25)6-10-17/h3-13H,1-2H3. The third kappa shape index (κ3) is 3.04. The number of ketones is 1. The lowest BCUT2D eigenvalue weighted by Crippen LogP contribution is -2.02. The molecule has 0 saturated heterocycles. The number of nitriles is 1. The third-order valence-corrected chi connectivity index (χ3v) is 4.71. The zero-order chi connectivity index (χ0) is 19.7. The number of methoxy groups -OCH3 is 1. The van der Waals surface area contributed by atoms with Gasteiger partial charge in [0.15, 0.2) is 5.78 Å². The van der Waals surface area contributed by atoms with Crippen LogP contribution >= 0.6 is 0 Å². The van der Waals surface area contributed by atoms with E-state index in [1.807, 2.05) is 43.3 Å². The maximum Gasteiger partial charge on any atom is 0.197 e. The molecule has 0 radical (unpaired) electrons. The Balaban J connectivity index is 1.93. The van der Waals surface area contributed by atoms with Crippen molar-refractivity contribution in [3.63, 3.8) is 0 Å². The second kappa shape index (κ2) is 7.05. The summed E-state index contributed by atoms with van der Waals surface area (Å²) in [6.45, 7) is 2.01. The van der Waals surface area contributed by atoms with Gasteiger partial charge in [0, 0.05) is 22.6 Å². The topological polar surface area (TPSA) is 63.2 Å². The number of furan rings is 1. The highest BCUT2D eigenvalue weighted by molar-refractivity contribution is 6.19. The zero-order valence-corrected chi connectivity index (χ0v) is 15.5. The van der Waals surface area contributed by atoms with Gasteiger partial charge in [-0.1, -0.05) is 29.8 Å². The van der Waals surface area contributed by atoms with Crippen LogP contribution in [0.1, 0.15) is 27.0 Å². The lowest BCUT2D eigenvalue weighted by molar-refractivity contribution is 0.104. The molecule has 1 heterocycles. The molecule has 4 nitrogen and oxygen atoms in total. The van der Waals surface area contributed by atoms with Crippen molar-refractivity contribution in [1.82, 2.24) is 0 Å². The SMILES string of the molecule is COc1ccc2c(C(=O)c3ccc(C#N)cc3)c(-c3ccc(C)cc3)oc2c1. The number of ether oxygens (including phenoxy) is 1. The first-order valence-electron chi connectivity index (χ1n) is 8.83. The predicted octanol–water partition coefficient (Wildman–Crippen LogP) is 5.52. The summed E-state index contributed by atoms with van der Waals surface area (Å²) < 4.78 is 11.4. The van der Waals surface area contributed by atoms with E-state index < -0.39 is 0 Å². The van der Waals surface area contributed by atoms with Gasteiger partial charge in [0.1, 0.15) is 17.1 Å². The molecule has 0 N–H and O–H groups in total. The normalized spacial score (nSPS) is 10.6. The van der Waals surface area contributed by atoms with Crippen molar-refractivity contribution in [2.45, 2.75) is 6.92 Å². The molecule has 0 unspecified atom stereocenters. The number of aryl methyl sites for hydroxylation is 1. The van der Waals surface area contributed by atoms with Crippen molar-refractivity contribution in [2.24, 2.45) is 0 Å². The number of hydrogen-bond acceptors (Lipinski definition) is 4. The summed E-state index contributed by atoms with van der Waals surface area (Å²) in [5.41, 5.74) is 4.07. The highest BCUT2D eigenvalue weighted by Crippen LogP contribution is 2.37. The smallest absolute Gasteiger partial charge is 0.197 e. The van der Waals surface area contributed by atoms with Gasteiger partial charge in [-0.15, -0.1) is 0 Å². The fourth-order valence-corrected chi connectivity index (χ4v) is 3.18. The van der Waals surface area contributed by atoms with E-state index in [1.165, 1.54) is 0 Å². The average Bonchev–Trinajstić information content (AvgIpc) is 3.12. The van der Waals surface area contributed by atoms with E-state index in [9.17, 15) is 4.79 Å². The van der Waals surface area contributed by atoms with Crippen molar-refractivity contribution < 1.29 is 13.9 Å². The van der Waals surface area contributed by atoms with Gasteiger partial charge in [-0.3, -0.25) is 4.79 Å². The van der Waals surface area contributed by atoms with Crippen LogP contribution in [0.3, 0.4) is 0 Å². The molecule has 1 aromatic heterocycles. The van der Waals surface area contributed by atoms with Gasteiger partial charge < -0.3 is 9.15 Å². The minimum absolute atomic E-state index is 0.149. The number of nitrogens with zero attached hydrogens (tertiary/aromatic N) is 1. The Hall–Kier alpha value is -3.84. The molecule has 0 fully saturated rings. The summed E-state index contributed by atoms with van der Waals surface area (Å²) in [5.74, 6) is 1.04. The molecular weight excluding hydrogens is 350 g/mol. The molecule has 136 valence electrons. The van der Waals surface area contributed by atoms with Gasteiger partial charge in [-0.05, 0) is 43.3 Å². The van der Waals surface area contributed by atoms with Gasteiger partial charge in [0.2, 0.25) is 0 Å². The monoisotopic (exact) mass is 367 g/mol. The van der Waals surface area contributed by atoms with Crippen LogP contribution in [0.4, 0.5) is 0 Å². The molecule has 3 aromatic carbocycles. The first-order valence-corrected chi connectivity index (χ1v) is 8.83. The van der Waals surface area contributed by atoms with Gasteiger partial charge in [0.25, 0.3) is 0 Å². The van der Waals surface area contributed by atoms with Gasteiger partial charge in [-0.25, -0.2) is 0 Å². The summed E-state index contributed by atoms with van der Waals surface area (Å²) in [4.78, 5) is 13.4. The molecule has 0 atom stereocenters. The number of rotatable bonds is 4. The van der Waals surface area contributed by atoms with Crippen LogP contribution in [0, 0.1) is 18.3 Å². The highest BCUT2D eigenvalue weighted by Gasteiger charge is 2.23. The van der Waals surface area contributed by atoms with Crippen LogP contribution in [0.2, 0.25) is 0 Å². The first-order chi connectivity index (χ1) is 13.6. The summed E-state index contributed by atoms with van der Waals surface area (Å²) in [6, 6.07) is 22.0. The van der Waals surface area contributed by atoms with Crippen molar-refractivity contribution in [1.29, 1.82) is 5.26 Å². The lowest BCUT2D eigenvalue weighted by Gasteiger charge is -2.04. The van der Waals surface area contributed by atoms with Crippen molar-refractivity contribution in [3.05, 3.63) is 89.0 Å². The summed E-state index contributed by atoms with van der Waals surface area (Å²) in [6.07, 6.45) is 0. The number of fused-ring (bicyclic) bond motifs is 1. The van der Waals surface area contributed by atoms with E-state index in [0.717, 1.165) is 16.5 Å². The Bertz CT molecular complexity index is 1210. The van der Waals surface area contributed by atoms with Crippen LogP contribution in [0.15, 0.2) is 71.1 Å². The fraction of sp³-hybridized carbons (Fsp3) is 0.0833. The van der Waals surface area contributed by atoms with Crippen LogP contribution in [0.5, 0.6) is 5.75 Å². The number of benzene rings is 3. The molecule has 0 aliphatic heterocycles. The predicted molar refractivity (Wildman–Crippen MR) is 108 cm³/mol. The summed E-state index contributed by atoms with van der Waals surface area (Å²) in [5, 5.41) is 9.72. The number of hydrogen-bond donors (Lipinski definition) is 0. The van der Waals surface area contributed by atoms with E-state index >= 15 is 0 Å². The molecule has 4 heteroatoms. The molecular formula is C24H17NO3. The molecule has 0 aliphatic carbocycles. The zero-order valence-electron chi connectivity index (χ0n) is 15.5. The fourth-order valence-electron chi connectivity index (χ4n) is 3.18. The van der Waals surface area contributed by atoms with Crippen LogP contribution < -0.4 is 4.74 Å². The molecule has 0 saturated carbocycles. The van der Waals surface area contributed by atoms with Crippen molar-refractivity contribution in [3.8, 4) is 23.1 Å². The Morgan fingerprint density at radius 2 is 1.71 bits per heavy atom. The number of carbonyl (C=O) groups excluding carboxylic acids is 1. The Kier molecular flexibility index (Phi) is 4.42. The average molecular weight is 367 g/mol. The van der Waals surface area contributed by atoms with Crippen molar-refractivity contribution in [2.75, 3.05) is 7.11 Å². The van der Waals surface area contributed by atoms with Crippen LogP contribution in [-0.2, 0) is 0 Å². The Morgan fingerprint density at radius 3 is 2.36 bits per heavy atom. The van der Waals surface area contributed by atoms with Gasteiger partial charge in [-0.2, -0.15) is 5.26 Å². The van der Waals surface area contributed by atoms with E-state index in [1.54, 1.807) is 37.4 Å². The minimum Gasteiger partial charge on any atom is -0.497 e. The van der Waals surface area contributed by atoms with E-state index in [2.05, 4.69) is 6.07 Å². The van der Waals surface area contributed by atoms with Gasteiger partial charge in [0.05, 0.1) is 24.3 Å². The molecule has 28 heavy (non-hydrogen) atoms. The molecule has 0 spiro atoms. The second-order valence-electron chi connectivity index (χ2n) is 6.55. The van der Waals surface area contributed by atoms with E-state index in [-0.39, 0.29) is 5.78 Å². The molecule has 0 bridgehead atoms. The quantitative estimate of drug-likeness (QED) is 0.446. The maximum atomic E-state index is 13.4. The van der Waals surface area contributed by atoms with Crippen molar-refractivity contribution >= 4 is 16.8 Å². The largest absolute Gasteiger partial charge is 0.497 e. The summed E-state index contributed by atoms with van der Waals surface area (Å²) >= 11 is 0. The van der Waals surface area contributed by atoms with E-state index in [4.69, 9.17) is 14.4 Å². The Morgan fingerprint density at radius 1 is 1.00 bits per heavy atom. The minimum atomic E-state index is -0.149. The number of carbonyl (C=O) groups is 1. The van der Waals surface area contributed by atoms with Crippen LogP contribution in [0.25, 0.3) is 22.3 Å². The molecule has 4 aromatic rings. The first kappa shape index (κ1) is 17.6. The highest BCUT2D eigenvalue weighted by atomic mass is 16.5. The molecule has 4 rings (SSSR count). The van der Waals surface area contributed by atoms with Crippen LogP contribution in [-0.4, -0.2) is 12.9 Å². The van der Waals surface area contributed by atoms with Gasteiger partial charge >= 0.3 is 0 Å². The second-order valence-corrected chi connectivity index (χ2v) is 6.55. The molecule has 0 amide bonds. The lowest BCUT2D eigenvalue weighted by atomic mass is 9.96. The molecule has 0 aliphatic rings. The third-order valence-electron chi connectivity index (χ3n) is 4.71. The maximum absolute atomic E-state index is 13.4. The summed E-state index contributed by atoms with van der Waals surface area (Å²) in [7, 11) is 1.59. The van der Waals surface area contributed by atoms with E-state index in [0.29, 0.717) is 33.8 Å².